The molecule has 0 aromatic heterocycles. The smallest absolute Gasteiger partial charge is 0.411 e. The Bertz CT molecular complexity index is 355. The van der Waals surface area contributed by atoms with E-state index < -0.39 is 10.0 Å². The first kappa shape index (κ1) is 12.6. The average Bonchev–Trinajstić information content (AvgIpc) is 2.87. The molecule has 1 saturated heterocycles. The summed E-state index contributed by atoms with van der Waals surface area (Å²) in [6, 6.07) is 0.332. The van der Waals surface area contributed by atoms with Crippen LogP contribution in [0.15, 0.2) is 0 Å². The molecule has 96 valence electrons. The molecule has 1 aliphatic carbocycles. The van der Waals surface area contributed by atoms with Crippen LogP contribution in [0.2, 0.25) is 0 Å². The number of fused-ring (bicyclic) bond motifs is 1. The Labute approximate surface area is 105 Å². The van der Waals surface area contributed by atoms with E-state index in [2.05, 4.69) is 24.7 Å². The zero-order valence-corrected chi connectivity index (χ0v) is 11.6. The van der Waals surface area contributed by atoms with Crippen LogP contribution in [0.1, 0.15) is 12.8 Å². The Morgan fingerprint density at radius 3 is 2.76 bits per heavy atom. The fraction of sp³-hybridized carbons (Fsp3) is 0.769. The molecule has 1 amide bonds. The summed E-state index contributed by atoms with van der Waals surface area (Å²) >= 11 is 0. The van der Waals surface area contributed by atoms with Gasteiger partial charge in [0.05, 0.1) is 6.04 Å². The lowest BCUT2D eigenvalue weighted by Gasteiger charge is -2.27. The summed E-state index contributed by atoms with van der Waals surface area (Å²) in [4.78, 5) is 13.7. The number of hydrogen-bond acceptors (Lipinski definition) is 2. The van der Waals surface area contributed by atoms with Crippen molar-refractivity contribution < 1.29 is 9.53 Å². The highest BCUT2D eigenvalue weighted by molar-refractivity contribution is 8.32. The maximum absolute atomic E-state index is 12.0. The maximum atomic E-state index is 12.0. The Morgan fingerprint density at radius 2 is 2.18 bits per heavy atom. The number of carbonyl (C=O) groups is 1. The fourth-order valence-corrected chi connectivity index (χ4v) is 2.90. The third-order valence-electron chi connectivity index (χ3n) is 3.43. The second kappa shape index (κ2) is 4.45. The monoisotopic (exact) mass is 255 g/mol. The van der Waals surface area contributed by atoms with Gasteiger partial charge in [-0.1, -0.05) is 5.92 Å². The third-order valence-corrected chi connectivity index (χ3v) is 4.82. The van der Waals surface area contributed by atoms with Gasteiger partial charge < -0.3 is 4.74 Å². The molecule has 1 aliphatic heterocycles. The zero-order valence-electron chi connectivity index (χ0n) is 10.8. The van der Waals surface area contributed by atoms with Gasteiger partial charge in [-0.05, 0) is 37.5 Å². The van der Waals surface area contributed by atoms with Crippen molar-refractivity contribution in [3.8, 4) is 12.3 Å². The predicted molar refractivity (Wildman–Crippen MR) is 72.6 cm³/mol. The summed E-state index contributed by atoms with van der Waals surface area (Å²) < 4.78 is 5.34. The van der Waals surface area contributed by atoms with Crippen LogP contribution in [-0.4, -0.2) is 54.2 Å². The van der Waals surface area contributed by atoms with Crippen molar-refractivity contribution in [3.05, 3.63) is 0 Å². The summed E-state index contributed by atoms with van der Waals surface area (Å²) in [5.41, 5.74) is 0. The lowest BCUT2D eigenvalue weighted by Crippen LogP contribution is -2.38. The molecule has 0 aromatic rings. The molecule has 1 heterocycles. The number of piperidine rings is 1. The van der Waals surface area contributed by atoms with E-state index >= 15 is 0 Å². The fourth-order valence-electron chi connectivity index (χ4n) is 2.32. The van der Waals surface area contributed by atoms with E-state index in [1.807, 2.05) is 0 Å². The zero-order chi connectivity index (χ0) is 12.6. The van der Waals surface area contributed by atoms with Crippen molar-refractivity contribution in [1.82, 2.24) is 4.90 Å². The van der Waals surface area contributed by atoms with Crippen LogP contribution >= 0.6 is 10.0 Å². The number of terminal acetylenes is 1. The van der Waals surface area contributed by atoms with Crippen molar-refractivity contribution in [2.24, 2.45) is 5.92 Å². The number of likely N-dealkylation sites (tertiary alicyclic amines) is 1. The van der Waals surface area contributed by atoms with Gasteiger partial charge in [0.1, 0.15) is 6.61 Å². The second-order valence-electron chi connectivity index (χ2n) is 5.80. The summed E-state index contributed by atoms with van der Waals surface area (Å²) in [6.45, 7) is 0.517. The molecule has 0 bridgehead atoms. The number of ether oxygens (including phenoxy) is 1. The Morgan fingerprint density at radius 1 is 1.47 bits per heavy atom. The number of amides is 1. The van der Waals surface area contributed by atoms with Gasteiger partial charge in [-0.15, -0.1) is 6.42 Å². The van der Waals surface area contributed by atoms with Gasteiger partial charge in [-0.25, -0.2) is 14.8 Å². The van der Waals surface area contributed by atoms with Crippen molar-refractivity contribution in [1.29, 1.82) is 0 Å². The molecular weight excluding hydrogens is 234 g/mol. The van der Waals surface area contributed by atoms with Crippen LogP contribution in [0.25, 0.3) is 0 Å². The van der Waals surface area contributed by atoms with Crippen LogP contribution < -0.4 is 0 Å². The standard InChI is InChI=1S/C13H21NO2S/c1-5-11-8-10-9-12(10)14(11)13(15)16-6-7-17(2,3)4/h1,10-12H,6-9H2,2-4H3/t10-,11?,12+/m0/s1. The highest BCUT2D eigenvalue weighted by Gasteiger charge is 2.54. The Hall–Kier alpha value is -0.820. The van der Waals surface area contributed by atoms with Crippen LogP contribution in [0.3, 0.4) is 0 Å². The molecule has 4 heteroatoms. The summed E-state index contributed by atoms with van der Waals surface area (Å²) in [6.07, 6.45) is 14.0. The van der Waals surface area contributed by atoms with E-state index in [1.54, 1.807) is 4.90 Å². The first-order valence-corrected chi connectivity index (χ1v) is 9.02. The van der Waals surface area contributed by atoms with E-state index in [9.17, 15) is 4.79 Å². The molecule has 0 spiro atoms. The SMILES string of the molecule is C#CC1C[C@H]2C[C@H]2N1C(=O)OCCS(C)(C)C. The minimum absolute atomic E-state index is 0.0340. The largest absolute Gasteiger partial charge is 0.449 e. The molecular formula is C13H21NO2S. The molecule has 3 nitrogen and oxygen atoms in total. The minimum atomic E-state index is -0.602. The highest BCUT2D eigenvalue weighted by atomic mass is 32.3. The van der Waals surface area contributed by atoms with Crippen molar-refractivity contribution in [3.63, 3.8) is 0 Å². The number of nitrogens with zero attached hydrogens (tertiary/aromatic N) is 1. The first-order valence-electron chi connectivity index (χ1n) is 5.99. The lowest BCUT2D eigenvalue weighted by molar-refractivity contribution is 0.104. The van der Waals surface area contributed by atoms with Gasteiger partial charge in [0.2, 0.25) is 0 Å². The topological polar surface area (TPSA) is 29.5 Å². The van der Waals surface area contributed by atoms with Gasteiger partial charge in [0, 0.05) is 11.8 Å². The summed E-state index contributed by atoms with van der Waals surface area (Å²) in [5.74, 6) is 4.29. The molecule has 0 N–H and O–H groups in total. The average molecular weight is 255 g/mol. The quantitative estimate of drug-likeness (QED) is 0.721. The van der Waals surface area contributed by atoms with Gasteiger partial charge in [0.15, 0.2) is 0 Å². The van der Waals surface area contributed by atoms with Gasteiger partial charge in [-0.3, -0.25) is 4.90 Å². The molecule has 2 rings (SSSR count). The van der Waals surface area contributed by atoms with Gasteiger partial charge in [0.25, 0.3) is 0 Å². The summed E-state index contributed by atoms with van der Waals surface area (Å²) in [7, 11) is -0.602. The molecule has 0 aromatic carbocycles. The molecule has 2 aliphatic rings. The molecule has 0 radical (unpaired) electrons. The van der Waals surface area contributed by atoms with E-state index in [1.165, 1.54) is 0 Å². The number of hydrogen-bond donors (Lipinski definition) is 0. The maximum Gasteiger partial charge on any atom is 0.411 e. The molecule has 1 unspecified atom stereocenters. The van der Waals surface area contributed by atoms with Crippen LogP contribution in [0, 0.1) is 18.3 Å². The van der Waals surface area contributed by atoms with Crippen molar-refractivity contribution >= 4 is 16.1 Å². The molecule has 2 fully saturated rings. The second-order valence-corrected chi connectivity index (χ2v) is 10.4. The van der Waals surface area contributed by atoms with Crippen LogP contribution in [0.4, 0.5) is 4.79 Å². The van der Waals surface area contributed by atoms with Crippen LogP contribution in [0.5, 0.6) is 0 Å². The Kier molecular flexibility index (Phi) is 3.31. The van der Waals surface area contributed by atoms with Crippen molar-refractivity contribution in [2.45, 2.75) is 24.9 Å². The highest BCUT2D eigenvalue weighted by Crippen LogP contribution is 2.47. The van der Waals surface area contributed by atoms with E-state index in [4.69, 9.17) is 11.2 Å². The molecule has 1 saturated carbocycles. The van der Waals surface area contributed by atoms with E-state index in [0.717, 1.165) is 18.6 Å². The predicted octanol–water partition coefficient (Wildman–Crippen LogP) is 1.91. The van der Waals surface area contributed by atoms with Gasteiger partial charge in [-0.2, -0.15) is 0 Å². The number of rotatable bonds is 3. The normalized spacial score (nSPS) is 31.6. The lowest BCUT2D eigenvalue weighted by atomic mass is 10.2. The minimum Gasteiger partial charge on any atom is -0.449 e. The first-order chi connectivity index (χ1) is 7.92. The van der Waals surface area contributed by atoms with Crippen molar-refractivity contribution in [2.75, 3.05) is 31.1 Å². The van der Waals surface area contributed by atoms with Gasteiger partial charge >= 0.3 is 6.09 Å². The molecule has 17 heavy (non-hydrogen) atoms. The molecule has 3 atom stereocenters. The Balaban J connectivity index is 1.82. The summed E-state index contributed by atoms with van der Waals surface area (Å²) in [5, 5.41) is 0. The number of carbonyl (C=O) groups excluding carboxylic acids is 1. The van der Waals surface area contributed by atoms with E-state index in [-0.39, 0.29) is 12.1 Å². The van der Waals surface area contributed by atoms with Crippen LogP contribution in [-0.2, 0) is 4.74 Å². The third kappa shape index (κ3) is 2.90. The van der Waals surface area contributed by atoms with E-state index in [0.29, 0.717) is 18.6 Å².